The molecule has 0 fully saturated rings. The van der Waals surface area contributed by atoms with Crippen LogP contribution in [0.15, 0.2) is 182 Å². The fraction of sp³-hybridized carbons (Fsp3) is 0.0545. The molecule has 12 rings (SSSR count). The zero-order chi connectivity index (χ0) is 36.4. The maximum atomic E-state index is 2.50. The van der Waals surface area contributed by atoms with Crippen LogP contribution in [0.4, 0.5) is 0 Å². The third-order valence-electron chi connectivity index (χ3n) is 12.8. The second-order valence-electron chi connectivity index (χ2n) is 16.0. The van der Waals surface area contributed by atoms with Gasteiger partial charge in [0.15, 0.2) is 0 Å². The Balaban J connectivity index is 1.10. The molecule has 1 aliphatic carbocycles. The van der Waals surface area contributed by atoms with Gasteiger partial charge in [-0.25, -0.2) is 0 Å². The highest BCUT2D eigenvalue weighted by atomic mass is 14.4. The molecule has 0 unspecified atom stereocenters. The maximum Gasteiger partial charge on any atom is 0.0159 e. The fourth-order valence-corrected chi connectivity index (χ4v) is 10.2. The van der Waals surface area contributed by atoms with Crippen molar-refractivity contribution in [2.75, 3.05) is 0 Å². The van der Waals surface area contributed by atoms with Crippen LogP contribution < -0.4 is 0 Å². The van der Waals surface area contributed by atoms with Gasteiger partial charge in [-0.2, -0.15) is 0 Å². The summed E-state index contributed by atoms with van der Waals surface area (Å²) in [5.41, 5.74) is 10.4. The van der Waals surface area contributed by atoms with E-state index in [-0.39, 0.29) is 5.41 Å². The average molecular weight is 697 g/mol. The summed E-state index contributed by atoms with van der Waals surface area (Å²) < 4.78 is 0. The molecule has 0 radical (unpaired) electrons. The largest absolute Gasteiger partial charge is 0.0616 e. The monoisotopic (exact) mass is 696 g/mol. The van der Waals surface area contributed by atoms with Gasteiger partial charge >= 0.3 is 0 Å². The van der Waals surface area contributed by atoms with Gasteiger partial charge in [0.25, 0.3) is 0 Å². The van der Waals surface area contributed by atoms with Crippen LogP contribution in [0.25, 0.3) is 109 Å². The van der Waals surface area contributed by atoms with Crippen molar-refractivity contribution >= 4 is 75.4 Å². The summed E-state index contributed by atoms with van der Waals surface area (Å²) in [5.74, 6) is 0. The first kappa shape index (κ1) is 30.7. The summed E-state index contributed by atoms with van der Waals surface area (Å²) in [6.07, 6.45) is 0. The van der Waals surface area contributed by atoms with Gasteiger partial charge in [-0.3, -0.25) is 0 Å². The van der Waals surface area contributed by atoms with Gasteiger partial charge in [-0.05, 0) is 150 Å². The predicted octanol–water partition coefficient (Wildman–Crippen LogP) is 15.4. The molecule has 0 spiro atoms. The quantitative estimate of drug-likeness (QED) is 0.158. The van der Waals surface area contributed by atoms with Gasteiger partial charge in [-0.15, -0.1) is 0 Å². The van der Waals surface area contributed by atoms with Crippen molar-refractivity contribution in [2.45, 2.75) is 19.3 Å². The van der Waals surface area contributed by atoms with Crippen LogP contribution in [-0.2, 0) is 5.41 Å². The van der Waals surface area contributed by atoms with Crippen LogP contribution in [0.3, 0.4) is 0 Å². The van der Waals surface area contributed by atoms with E-state index in [4.69, 9.17) is 0 Å². The summed E-state index contributed by atoms with van der Waals surface area (Å²) >= 11 is 0. The van der Waals surface area contributed by atoms with E-state index >= 15 is 0 Å². The van der Waals surface area contributed by atoms with Gasteiger partial charge in [0, 0.05) is 5.41 Å². The summed E-state index contributed by atoms with van der Waals surface area (Å²) in [6.45, 7) is 4.83. The standard InChI is InChI=1S/C55H36/c1-55(2)53-28-34(26-27-45(53)52-31-50-40-20-8-5-17-37(40)38-18-6-9-21-41(38)51(50)32-54(52)55)46-29-48-44-24-12-11-23-43(44)47(30-49(48)42-22-10-7-19-39(42)46)36-25-13-15-33-14-3-4-16-35(33)36/h3-32H,1-2H3. The number of hydrogen-bond acceptors (Lipinski definition) is 0. The third kappa shape index (κ3) is 4.23. The SMILES string of the molecule is CC1(C)c2cc(-c3cc4c5ccccc5c(-c5cccc6ccccc56)cc4c4ccccc34)ccc2-c2cc3c4ccccc4c4ccccc4c3cc21. The van der Waals surface area contributed by atoms with E-state index < -0.39 is 0 Å². The van der Waals surface area contributed by atoms with E-state index in [0.29, 0.717) is 0 Å². The molecular weight excluding hydrogens is 661 g/mol. The summed E-state index contributed by atoms with van der Waals surface area (Å²) in [5, 5.41) is 18.2. The Bertz CT molecular complexity index is 3450. The Hall–Kier alpha value is -6.76. The molecule has 0 bridgehead atoms. The second kappa shape index (κ2) is 11.1. The lowest BCUT2D eigenvalue weighted by Gasteiger charge is -2.23. The highest BCUT2D eigenvalue weighted by Crippen LogP contribution is 2.53. The van der Waals surface area contributed by atoms with E-state index in [1.807, 2.05) is 0 Å². The maximum absolute atomic E-state index is 2.50. The van der Waals surface area contributed by atoms with Crippen molar-refractivity contribution in [3.8, 4) is 33.4 Å². The first-order valence-electron chi connectivity index (χ1n) is 19.4. The lowest BCUT2D eigenvalue weighted by atomic mass is 9.80. The number of fused-ring (bicyclic) bond motifs is 15. The first-order chi connectivity index (χ1) is 27.0. The van der Waals surface area contributed by atoms with Crippen LogP contribution in [0.1, 0.15) is 25.0 Å². The number of hydrogen-bond donors (Lipinski definition) is 0. The smallest absolute Gasteiger partial charge is 0.0159 e. The first-order valence-corrected chi connectivity index (χ1v) is 19.4. The van der Waals surface area contributed by atoms with Crippen molar-refractivity contribution in [1.82, 2.24) is 0 Å². The molecule has 0 heteroatoms. The highest BCUT2D eigenvalue weighted by molar-refractivity contribution is 6.27. The summed E-state index contributed by atoms with van der Waals surface area (Å²) in [6, 6.07) is 68.4. The molecule has 0 N–H and O–H groups in total. The van der Waals surface area contributed by atoms with Gasteiger partial charge < -0.3 is 0 Å². The zero-order valence-electron chi connectivity index (χ0n) is 30.8. The predicted molar refractivity (Wildman–Crippen MR) is 237 cm³/mol. The fourth-order valence-electron chi connectivity index (χ4n) is 10.2. The third-order valence-corrected chi connectivity index (χ3v) is 12.8. The van der Waals surface area contributed by atoms with E-state index in [0.717, 1.165) is 0 Å². The zero-order valence-corrected chi connectivity index (χ0v) is 30.8. The van der Waals surface area contributed by atoms with Crippen LogP contribution >= 0.6 is 0 Å². The molecule has 256 valence electrons. The van der Waals surface area contributed by atoms with Gasteiger partial charge in [0.2, 0.25) is 0 Å². The molecule has 55 heavy (non-hydrogen) atoms. The van der Waals surface area contributed by atoms with E-state index in [2.05, 4.69) is 196 Å². The van der Waals surface area contributed by atoms with E-state index in [9.17, 15) is 0 Å². The molecule has 0 saturated heterocycles. The normalized spacial score (nSPS) is 13.4. The van der Waals surface area contributed by atoms with Crippen molar-refractivity contribution in [3.63, 3.8) is 0 Å². The number of rotatable bonds is 2. The molecule has 0 atom stereocenters. The number of benzene rings is 11. The Morgan fingerprint density at radius 2 is 0.673 bits per heavy atom. The van der Waals surface area contributed by atoms with Gasteiger partial charge in [0.05, 0.1) is 0 Å². The Kier molecular flexibility index (Phi) is 6.21. The molecule has 1 aliphatic rings. The average Bonchev–Trinajstić information content (AvgIpc) is 3.46. The molecule has 11 aromatic rings. The minimum absolute atomic E-state index is 0.158. The minimum atomic E-state index is -0.158. The molecule has 0 saturated carbocycles. The summed E-state index contributed by atoms with van der Waals surface area (Å²) in [7, 11) is 0. The lowest BCUT2D eigenvalue weighted by Crippen LogP contribution is -2.15. The Morgan fingerprint density at radius 1 is 0.255 bits per heavy atom. The molecule has 0 amide bonds. The van der Waals surface area contributed by atoms with Crippen LogP contribution in [-0.4, -0.2) is 0 Å². The Morgan fingerprint density at radius 3 is 1.29 bits per heavy atom. The van der Waals surface area contributed by atoms with Crippen molar-refractivity contribution in [1.29, 1.82) is 0 Å². The molecule has 0 nitrogen and oxygen atoms in total. The lowest BCUT2D eigenvalue weighted by molar-refractivity contribution is 0.661. The molecule has 0 heterocycles. The second-order valence-corrected chi connectivity index (χ2v) is 16.0. The van der Waals surface area contributed by atoms with Gasteiger partial charge in [0.1, 0.15) is 0 Å². The Labute approximate surface area is 319 Å². The van der Waals surface area contributed by atoms with Crippen molar-refractivity contribution < 1.29 is 0 Å². The molecule has 0 aliphatic heterocycles. The van der Waals surface area contributed by atoms with E-state index in [1.165, 1.54) is 120 Å². The topological polar surface area (TPSA) is 0 Å². The molecular formula is C55H36. The van der Waals surface area contributed by atoms with Crippen LogP contribution in [0.5, 0.6) is 0 Å². The minimum Gasteiger partial charge on any atom is -0.0616 e. The van der Waals surface area contributed by atoms with E-state index in [1.54, 1.807) is 0 Å². The summed E-state index contributed by atoms with van der Waals surface area (Å²) in [4.78, 5) is 0. The van der Waals surface area contributed by atoms with Gasteiger partial charge in [-0.1, -0.05) is 166 Å². The highest BCUT2D eigenvalue weighted by Gasteiger charge is 2.36. The van der Waals surface area contributed by atoms with Crippen molar-refractivity contribution in [3.05, 3.63) is 193 Å². The molecule has 11 aromatic carbocycles. The van der Waals surface area contributed by atoms with Crippen molar-refractivity contribution in [2.24, 2.45) is 0 Å². The van der Waals surface area contributed by atoms with Crippen LogP contribution in [0.2, 0.25) is 0 Å². The molecule has 0 aromatic heterocycles. The van der Waals surface area contributed by atoms with Crippen LogP contribution in [0, 0.1) is 0 Å².